The SMILES string of the molecule is CCc1ccccc1-c1ccc(N(C2=CC=C(C3=CC4=C(CC3)N(c3ccccc3)C3C=CCC(C)C43)CC2)c2ccc(C3=CC=CCC3)cc2)cc1CC. The number of aryl methyl sites for hydroxylation is 2. The second-order valence-electron chi connectivity index (χ2n) is 16.0. The van der Waals surface area contributed by atoms with Gasteiger partial charge in [-0.3, -0.25) is 0 Å². The molecule has 0 saturated heterocycles. The third-order valence-electron chi connectivity index (χ3n) is 12.9. The number of hydrogen-bond donors (Lipinski definition) is 0. The summed E-state index contributed by atoms with van der Waals surface area (Å²) in [6.07, 6.45) is 28.8. The molecular formula is C53H54N2. The van der Waals surface area contributed by atoms with Crippen molar-refractivity contribution in [1.29, 1.82) is 0 Å². The Kier molecular flexibility index (Phi) is 9.92. The highest BCUT2D eigenvalue weighted by Gasteiger charge is 2.44. The highest BCUT2D eigenvalue weighted by molar-refractivity contribution is 5.78. The lowest BCUT2D eigenvalue weighted by atomic mass is 9.75. The molecule has 0 N–H and O–H groups in total. The van der Waals surface area contributed by atoms with Gasteiger partial charge < -0.3 is 9.80 Å². The lowest BCUT2D eigenvalue weighted by Gasteiger charge is -2.35. The Balaban J connectivity index is 1.08. The molecular weight excluding hydrogens is 665 g/mol. The number of anilines is 3. The van der Waals surface area contributed by atoms with Crippen LogP contribution in [-0.2, 0) is 12.8 Å². The average Bonchev–Trinajstić information content (AvgIpc) is 3.59. The van der Waals surface area contributed by atoms with Gasteiger partial charge in [0.1, 0.15) is 0 Å². The zero-order valence-corrected chi connectivity index (χ0v) is 32.8. The topological polar surface area (TPSA) is 6.48 Å². The fraction of sp³-hybridized carbons (Fsp3) is 0.283. The van der Waals surface area contributed by atoms with Gasteiger partial charge in [-0.1, -0.05) is 124 Å². The highest BCUT2D eigenvalue weighted by atomic mass is 15.2. The molecule has 5 aliphatic rings. The first-order valence-electron chi connectivity index (χ1n) is 20.9. The van der Waals surface area contributed by atoms with E-state index in [0.717, 1.165) is 57.8 Å². The first kappa shape index (κ1) is 35.4. The fourth-order valence-corrected chi connectivity index (χ4v) is 10.0. The minimum Gasteiger partial charge on any atom is -0.337 e. The smallest absolute Gasteiger partial charge is 0.0591 e. The van der Waals surface area contributed by atoms with Crippen LogP contribution in [0.2, 0.25) is 0 Å². The van der Waals surface area contributed by atoms with Crippen LogP contribution in [0.15, 0.2) is 174 Å². The monoisotopic (exact) mass is 718 g/mol. The molecule has 0 saturated carbocycles. The minimum atomic E-state index is 0.416. The second kappa shape index (κ2) is 15.4. The maximum Gasteiger partial charge on any atom is 0.0591 e. The van der Waals surface area contributed by atoms with Gasteiger partial charge in [-0.2, -0.15) is 0 Å². The molecule has 0 fully saturated rings. The Bertz CT molecular complexity index is 2290. The van der Waals surface area contributed by atoms with Crippen molar-refractivity contribution in [2.24, 2.45) is 11.8 Å². The largest absolute Gasteiger partial charge is 0.337 e. The van der Waals surface area contributed by atoms with Crippen LogP contribution in [0.1, 0.15) is 82.4 Å². The molecule has 4 aliphatic carbocycles. The molecule has 1 aliphatic heterocycles. The summed E-state index contributed by atoms with van der Waals surface area (Å²) in [5.74, 6) is 1.18. The van der Waals surface area contributed by atoms with Gasteiger partial charge >= 0.3 is 0 Å². The predicted octanol–water partition coefficient (Wildman–Crippen LogP) is 14.0. The molecule has 1 heterocycles. The van der Waals surface area contributed by atoms with Gasteiger partial charge in [-0.15, -0.1) is 0 Å². The normalized spacial score (nSPS) is 21.7. The summed E-state index contributed by atoms with van der Waals surface area (Å²) in [5.41, 5.74) is 19.6. The lowest BCUT2D eigenvalue weighted by Crippen LogP contribution is -2.36. The number of hydrogen-bond acceptors (Lipinski definition) is 2. The summed E-state index contributed by atoms with van der Waals surface area (Å²) in [6, 6.07) is 37.0. The Morgan fingerprint density at radius 3 is 2.18 bits per heavy atom. The Morgan fingerprint density at radius 1 is 0.655 bits per heavy atom. The van der Waals surface area contributed by atoms with Crippen molar-refractivity contribution in [3.63, 3.8) is 0 Å². The van der Waals surface area contributed by atoms with Crippen molar-refractivity contribution in [2.45, 2.75) is 84.6 Å². The molecule has 2 heteroatoms. The zero-order chi connectivity index (χ0) is 37.3. The van der Waals surface area contributed by atoms with Crippen LogP contribution in [0.25, 0.3) is 16.7 Å². The minimum absolute atomic E-state index is 0.416. The quantitative estimate of drug-likeness (QED) is 0.159. The molecule has 0 spiro atoms. The van der Waals surface area contributed by atoms with E-state index in [-0.39, 0.29) is 0 Å². The highest BCUT2D eigenvalue weighted by Crippen LogP contribution is 2.50. The maximum absolute atomic E-state index is 2.66. The van der Waals surface area contributed by atoms with Crippen LogP contribution >= 0.6 is 0 Å². The fourth-order valence-electron chi connectivity index (χ4n) is 10.0. The van der Waals surface area contributed by atoms with E-state index in [4.69, 9.17) is 0 Å². The van der Waals surface area contributed by atoms with E-state index in [1.807, 2.05) is 0 Å². The molecule has 3 atom stereocenters. The summed E-state index contributed by atoms with van der Waals surface area (Å²) < 4.78 is 0. The van der Waals surface area contributed by atoms with E-state index >= 15 is 0 Å². The molecule has 3 unspecified atom stereocenters. The lowest BCUT2D eigenvalue weighted by molar-refractivity contribution is 0.384. The van der Waals surface area contributed by atoms with E-state index < -0.39 is 0 Å². The second-order valence-corrected chi connectivity index (χ2v) is 16.0. The van der Waals surface area contributed by atoms with Gasteiger partial charge in [-0.25, -0.2) is 0 Å². The Morgan fingerprint density at radius 2 is 1.42 bits per heavy atom. The summed E-state index contributed by atoms with van der Waals surface area (Å²) in [5, 5.41) is 0. The summed E-state index contributed by atoms with van der Waals surface area (Å²) in [6.45, 7) is 7.02. The van der Waals surface area contributed by atoms with Crippen molar-refractivity contribution in [1.82, 2.24) is 0 Å². The Labute approximate surface area is 329 Å². The third-order valence-corrected chi connectivity index (χ3v) is 12.9. The molecule has 0 bridgehead atoms. The molecule has 0 radical (unpaired) electrons. The van der Waals surface area contributed by atoms with Crippen molar-refractivity contribution in [3.8, 4) is 11.1 Å². The van der Waals surface area contributed by atoms with E-state index in [0.29, 0.717) is 17.9 Å². The zero-order valence-electron chi connectivity index (χ0n) is 32.8. The third kappa shape index (κ3) is 6.71. The van der Waals surface area contributed by atoms with Crippen LogP contribution in [-0.4, -0.2) is 6.04 Å². The molecule has 276 valence electrons. The van der Waals surface area contributed by atoms with Crippen molar-refractivity contribution in [3.05, 3.63) is 190 Å². The average molecular weight is 719 g/mol. The van der Waals surface area contributed by atoms with Gasteiger partial charge in [0, 0.05) is 34.4 Å². The molecule has 0 aromatic heterocycles. The maximum atomic E-state index is 2.66. The van der Waals surface area contributed by atoms with Gasteiger partial charge in [0.05, 0.1) is 6.04 Å². The summed E-state index contributed by atoms with van der Waals surface area (Å²) >= 11 is 0. The van der Waals surface area contributed by atoms with E-state index in [1.54, 1.807) is 16.8 Å². The van der Waals surface area contributed by atoms with Gasteiger partial charge in [0.15, 0.2) is 0 Å². The summed E-state index contributed by atoms with van der Waals surface area (Å²) in [4.78, 5) is 5.19. The van der Waals surface area contributed by atoms with Gasteiger partial charge in [-0.05, 0) is 156 Å². The first-order chi connectivity index (χ1) is 27.1. The van der Waals surface area contributed by atoms with Crippen LogP contribution in [0, 0.1) is 11.8 Å². The number of rotatable bonds is 9. The first-order valence-corrected chi connectivity index (χ1v) is 20.9. The predicted molar refractivity (Wildman–Crippen MR) is 234 cm³/mol. The number of allylic oxidation sites excluding steroid dienone is 12. The summed E-state index contributed by atoms with van der Waals surface area (Å²) in [7, 11) is 0. The number of para-hydroxylation sites is 1. The van der Waals surface area contributed by atoms with Crippen LogP contribution < -0.4 is 9.80 Å². The molecule has 0 amide bonds. The molecule has 55 heavy (non-hydrogen) atoms. The molecule has 2 nitrogen and oxygen atoms in total. The molecule has 4 aromatic carbocycles. The standard InChI is InChI=1S/C53H54N2/c1-4-38-16-12-13-21-48(38)49-33-32-47(35-39(49)5-2)54(45-28-23-41(24-29-45)40-17-8-6-9-18-40)46-30-25-42(26-31-46)43-27-34-51-50(36-43)53-37(3)15-14-22-52(53)55(51)44-19-10-7-11-20-44/h6-8,10-14,16-17,19-25,28-30,32-33,35-37,52-53H,4-5,9,15,18,26-27,31,34H2,1-3H3. The van der Waals surface area contributed by atoms with Gasteiger partial charge in [0.2, 0.25) is 0 Å². The number of fused-ring (bicyclic) bond motifs is 2. The van der Waals surface area contributed by atoms with Crippen LogP contribution in [0.4, 0.5) is 17.1 Å². The van der Waals surface area contributed by atoms with Gasteiger partial charge in [0.25, 0.3) is 0 Å². The van der Waals surface area contributed by atoms with E-state index in [1.165, 1.54) is 61.7 Å². The van der Waals surface area contributed by atoms with Crippen molar-refractivity contribution < 1.29 is 0 Å². The van der Waals surface area contributed by atoms with Crippen LogP contribution in [0.3, 0.4) is 0 Å². The van der Waals surface area contributed by atoms with E-state index in [9.17, 15) is 0 Å². The van der Waals surface area contributed by atoms with Crippen molar-refractivity contribution in [2.75, 3.05) is 9.80 Å². The number of nitrogens with zero attached hydrogens (tertiary/aromatic N) is 2. The Hall–Kier alpha value is -5.34. The number of benzene rings is 4. The van der Waals surface area contributed by atoms with Crippen molar-refractivity contribution >= 4 is 22.6 Å². The molecule has 9 rings (SSSR count). The molecule has 4 aromatic rings. The van der Waals surface area contributed by atoms with Crippen LogP contribution in [0.5, 0.6) is 0 Å². The van der Waals surface area contributed by atoms with E-state index in [2.05, 4.69) is 176 Å².